The molecule has 3 rings (SSSR count). The van der Waals surface area contributed by atoms with Crippen LogP contribution in [-0.2, 0) is 30.5 Å². The maximum atomic E-state index is 12.3. The van der Waals surface area contributed by atoms with Gasteiger partial charge in [-0.15, -0.1) is 0 Å². The quantitative estimate of drug-likeness (QED) is 0.255. The molecule has 3 aromatic rings. The highest BCUT2D eigenvalue weighted by Crippen LogP contribution is 2.37. The molecule has 0 unspecified atom stereocenters. The fourth-order valence-electron chi connectivity index (χ4n) is 2.51. The van der Waals surface area contributed by atoms with Gasteiger partial charge in [-0.05, 0) is 41.5 Å². The molecule has 34 heavy (non-hydrogen) atoms. The molecule has 0 atom stereocenters. The van der Waals surface area contributed by atoms with Crippen LogP contribution in [0.2, 0.25) is 0 Å². The van der Waals surface area contributed by atoms with E-state index in [2.05, 4.69) is 0 Å². The van der Waals surface area contributed by atoms with Crippen LogP contribution in [0.25, 0.3) is 11.1 Å². The van der Waals surface area contributed by atoms with Gasteiger partial charge in [0.25, 0.3) is 18.1 Å². The molecule has 0 aliphatic heterocycles. The lowest BCUT2D eigenvalue weighted by atomic mass is 10.1. The molecule has 0 heterocycles. The zero-order valence-electron chi connectivity index (χ0n) is 16.4. The predicted octanol–water partition coefficient (Wildman–Crippen LogP) is 6.93. The fourth-order valence-corrected chi connectivity index (χ4v) is 4.08. The Hall–Kier alpha value is -2.28. The van der Waals surface area contributed by atoms with Crippen LogP contribution in [0.5, 0.6) is 0 Å². The topological polar surface area (TPSA) is 68.3 Å². The van der Waals surface area contributed by atoms with Crippen molar-refractivity contribution in [3.63, 3.8) is 0 Å². The Kier molecular flexibility index (Phi) is 8.34. The number of benzene rings is 3. The summed E-state index contributed by atoms with van der Waals surface area (Å²) in [6, 6.07) is 16.1. The summed E-state index contributed by atoms with van der Waals surface area (Å²) in [5.74, 6) is 0. The van der Waals surface area contributed by atoms with E-state index in [0.717, 1.165) is 11.1 Å². The Balaban J connectivity index is 0.000000241. The third-order valence-electron chi connectivity index (χ3n) is 4.09. The van der Waals surface area contributed by atoms with Crippen molar-refractivity contribution in [3.8, 4) is 11.1 Å². The van der Waals surface area contributed by atoms with Crippen molar-refractivity contribution in [2.75, 3.05) is 0 Å². The summed E-state index contributed by atoms with van der Waals surface area (Å²) < 4.78 is 118. The first kappa shape index (κ1) is 28.0. The van der Waals surface area contributed by atoms with E-state index in [1.54, 1.807) is 12.1 Å². The SMILES string of the molecule is O=S(=O)(Cl)c1cc(C(F)(F)F)cc(C(F)(F)F)c1.O=S(=O)(Cl)c1ccc(-c2ccccc2)cc1. The van der Waals surface area contributed by atoms with Gasteiger partial charge in [0.2, 0.25) is 0 Å². The van der Waals surface area contributed by atoms with E-state index in [-0.39, 0.29) is 23.1 Å². The number of alkyl halides is 6. The van der Waals surface area contributed by atoms with Gasteiger partial charge in [-0.2, -0.15) is 26.3 Å². The van der Waals surface area contributed by atoms with Gasteiger partial charge in [0.15, 0.2) is 0 Å². The van der Waals surface area contributed by atoms with E-state index < -0.39 is 46.5 Å². The van der Waals surface area contributed by atoms with Gasteiger partial charge in [-0.25, -0.2) is 16.8 Å². The monoisotopic (exact) mass is 564 g/mol. The number of hydrogen-bond donors (Lipinski definition) is 0. The highest BCUT2D eigenvalue weighted by atomic mass is 35.7. The molecule has 0 amide bonds. The minimum absolute atomic E-state index is 0.0393. The standard InChI is InChI=1S/C12H9ClO2S.C8H3ClF6O2S/c13-16(14,15)12-8-6-11(7-9-12)10-4-2-1-3-5-10;9-18(16,17)6-2-4(7(10,11)12)1-5(3-6)8(13,14)15/h1-9H;1-3H. The van der Waals surface area contributed by atoms with Crippen LogP contribution >= 0.6 is 21.4 Å². The van der Waals surface area contributed by atoms with Gasteiger partial charge in [0, 0.05) is 21.4 Å². The average Bonchev–Trinajstić information content (AvgIpc) is 2.72. The van der Waals surface area contributed by atoms with E-state index in [4.69, 9.17) is 21.4 Å². The zero-order valence-corrected chi connectivity index (χ0v) is 19.5. The van der Waals surface area contributed by atoms with Crippen LogP contribution in [0.1, 0.15) is 11.1 Å². The molecule has 0 spiro atoms. The molecule has 0 N–H and O–H groups in total. The fraction of sp³-hybridized carbons (Fsp3) is 0.100. The van der Waals surface area contributed by atoms with E-state index >= 15 is 0 Å². The second-order valence-electron chi connectivity index (χ2n) is 6.51. The number of hydrogen-bond acceptors (Lipinski definition) is 4. The van der Waals surface area contributed by atoms with Gasteiger partial charge in [-0.1, -0.05) is 42.5 Å². The first-order valence-electron chi connectivity index (χ1n) is 8.73. The van der Waals surface area contributed by atoms with Crippen molar-refractivity contribution in [2.45, 2.75) is 22.1 Å². The molecule has 0 saturated heterocycles. The third-order valence-corrected chi connectivity index (χ3v) is 6.79. The van der Waals surface area contributed by atoms with Crippen molar-refractivity contribution in [2.24, 2.45) is 0 Å². The smallest absolute Gasteiger partial charge is 0.207 e. The molecule has 0 aromatic heterocycles. The first-order valence-corrected chi connectivity index (χ1v) is 13.4. The van der Waals surface area contributed by atoms with Crippen LogP contribution in [0, 0.1) is 0 Å². The van der Waals surface area contributed by atoms with Gasteiger partial charge in [0.05, 0.1) is 20.9 Å². The van der Waals surface area contributed by atoms with Gasteiger partial charge >= 0.3 is 12.4 Å². The highest BCUT2D eigenvalue weighted by Gasteiger charge is 2.38. The summed E-state index contributed by atoms with van der Waals surface area (Å²) in [6.07, 6.45) is -10.2. The molecule has 0 saturated carbocycles. The summed E-state index contributed by atoms with van der Waals surface area (Å²) in [6.45, 7) is 0. The maximum Gasteiger partial charge on any atom is 0.416 e. The van der Waals surface area contributed by atoms with E-state index in [9.17, 15) is 43.2 Å². The molecule has 0 bridgehead atoms. The Labute approximate surface area is 199 Å². The second-order valence-corrected chi connectivity index (χ2v) is 11.6. The summed E-state index contributed by atoms with van der Waals surface area (Å²) in [4.78, 5) is -1.14. The van der Waals surface area contributed by atoms with E-state index in [1.165, 1.54) is 12.1 Å². The van der Waals surface area contributed by atoms with Crippen molar-refractivity contribution in [3.05, 3.63) is 83.9 Å². The molecule has 0 aliphatic carbocycles. The third kappa shape index (κ3) is 7.90. The number of halogens is 8. The Bertz CT molecular complexity index is 1320. The molecule has 14 heteroatoms. The van der Waals surface area contributed by atoms with Crippen molar-refractivity contribution in [1.82, 2.24) is 0 Å². The predicted molar refractivity (Wildman–Crippen MR) is 114 cm³/mol. The van der Waals surface area contributed by atoms with Crippen molar-refractivity contribution >= 4 is 39.5 Å². The second kappa shape index (κ2) is 10.1. The molecule has 184 valence electrons. The zero-order chi connectivity index (χ0) is 25.9. The van der Waals surface area contributed by atoms with Crippen LogP contribution in [0.4, 0.5) is 26.3 Å². The van der Waals surface area contributed by atoms with Gasteiger partial charge < -0.3 is 0 Å². The van der Waals surface area contributed by atoms with Crippen molar-refractivity contribution < 1.29 is 43.2 Å². The first-order chi connectivity index (χ1) is 15.4. The largest absolute Gasteiger partial charge is 0.416 e. The summed E-state index contributed by atoms with van der Waals surface area (Å²) in [7, 11) is 1.64. The van der Waals surface area contributed by atoms with Crippen LogP contribution in [0.3, 0.4) is 0 Å². The van der Waals surface area contributed by atoms with Crippen molar-refractivity contribution in [1.29, 1.82) is 0 Å². The van der Waals surface area contributed by atoms with Gasteiger partial charge in [0.1, 0.15) is 0 Å². The Morgan fingerprint density at radius 1 is 0.529 bits per heavy atom. The summed E-state index contributed by atoms with van der Waals surface area (Å²) in [5.41, 5.74) is -1.47. The maximum absolute atomic E-state index is 12.3. The van der Waals surface area contributed by atoms with Crippen LogP contribution in [-0.4, -0.2) is 16.8 Å². The molecule has 3 aromatic carbocycles. The van der Waals surface area contributed by atoms with Gasteiger partial charge in [-0.3, -0.25) is 0 Å². The average molecular weight is 565 g/mol. The lowest BCUT2D eigenvalue weighted by Gasteiger charge is -2.12. The molecule has 4 nitrogen and oxygen atoms in total. The minimum Gasteiger partial charge on any atom is -0.207 e. The summed E-state index contributed by atoms with van der Waals surface area (Å²) in [5, 5.41) is 0. The molecule has 0 aliphatic rings. The Morgan fingerprint density at radius 2 is 0.912 bits per heavy atom. The van der Waals surface area contributed by atoms with Crippen LogP contribution < -0.4 is 0 Å². The normalized spacial score (nSPS) is 12.6. The summed E-state index contributed by atoms with van der Waals surface area (Å²) >= 11 is 0. The van der Waals surface area contributed by atoms with E-state index in [0.29, 0.717) is 0 Å². The molecular weight excluding hydrogens is 553 g/mol. The number of rotatable bonds is 3. The molecular formula is C20H12Cl2F6O4S2. The Morgan fingerprint density at radius 3 is 1.26 bits per heavy atom. The molecule has 0 fully saturated rings. The minimum atomic E-state index is -5.11. The lowest BCUT2D eigenvalue weighted by Crippen LogP contribution is -2.12. The highest BCUT2D eigenvalue weighted by molar-refractivity contribution is 8.14. The molecule has 0 radical (unpaired) electrons. The van der Waals surface area contributed by atoms with E-state index in [1.807, 2.05) is 30.3 Å². The lowest BCUT2D eigenvalue weighted by molar-refractivity contribution is -0.143. The van der Waals surface area contributed by atoms with Crippen LogP contribution in [0.15, 0.2) is 82.6 Å².